The number of aromatic nitrogens is 2. The van der Waals surface area contributed by atoms with Crippen LogP contribution < -0.4 is 0 Å². The number of nitrogens with zero attached hydrogens (tertiary/aromatic N) is 4. The van der Waals surface area contributed by atoms with Crippen LogP contribution in [-0.2, 0) is 0 Å². The first-order chi connectivity index (χ1) is 34.2. The van der Waals surface area contributed by atoms with Crippen LogP contribution in [0.3, 0.4) is 0 Å². The molecule has 0 N–H and O–H groups in total. The number of hydrogen-bond donors (Lipinski definition) is 0. The highest BCUT2D eigenvalue weighted by Crippen LogP contribution is 2.46. The molecule has 3 aromatic heterocycles. The molecule has 0 aliphatic carbocycles. The van der Waals surface area contributed by atoms with Crippen LogP contribution in [-0.4, -0.2) is 20.7 Å². The summed E-state index contributed by atoms with van der Waals surface area (Å²) < 4.78 is 11.7. The van der Waals surface area contributed by atoms with E-state index in [1.54, 1.807) is 0 Å². The smallest absolute Gasteiger partial charge is 0.160 e. The summed E-state index contributed by atoms with van der Waals surface area (Å²) in [6.45, 7) is 0. The monoisotopic (exact) mass is 880 g/mol. The van der Waals surface area contributed by atoms with Crippen molar-refractivity contribution in [1.82, 2.24) is 9.13 Å². The maximum atomic E-state index is 6.72. The minimum Gasteiger partial charge on any atom is -0.456 e. The molecule has 0 saturated carbocycles. The molecule has 322 valence electrons. The Labute approximate surface area is 396 Å². The Kier molecular flexibility index (Phi) is 8.13. The van der Waals surface area contributed by atoms with Crippen LogP contribution in [0.5, 0.6) is 0 Å². The quantitative estimate of drug-likeness (QED) is 0.174. The van der Waals surface area contributed by atoms with E-state index < -0.39 is 0 Å². The molecular weight excluding hydrogens is 841 g/mol. The molecule has 1 unspecified atom stereocenters. The molecule has 5 heterocycles. The number of amidine groups is 1. The van der Waals surface area contributed by atoms with Gasteiger partial charge in [-0.25, -0.2) is 9.98 Å². The van der Waals surface area contributed by atoms with Crippen LogP contribution in [0.15, 0.2) is 239 Å². The zero-order chi connectivity index (χ0) is 45.2. The van der Waals surface area contributed by atoms with Gasteiger partial charge >= 0.3 is 0 Å². The fourth-order valence-electron chi connectivity index (χ4n) is 11.6. The van der Waals surface area contributed by atoms with Gasteiger partial charge in [0.15, 0.2) is 5.84 Å². The second-order valence-electron chi connectivity index (χ2n) is 18.4. The number of hydrogen-bond acceptors (Lipinski definition) is 3. The molecule has 0 fully saturated rings. The van der Waals surface area contributed by atoms with Crippen molar-refractivity contribution < 1.29 is 4.42 Å². The lowest BCUT2D eigenvalue weighted by atomic mass is 9.85. The maximum Gasteiger partial charge on any atom is 0.160 e. The van der Waals surface area contributed by atoms with Gasteiger partial charge in [0.1, 0.15) is 11.2 Å². The average molecular weight is 881 g/mol. The van der Waals surface area contributed by atoms with Crippen molar-refractivity contribution in [2.75, 3.05) is 0 Å². The average Bonchev–Trinajstić information content (AvgIpc) is 4.04. The molecule has 10 aromatic carbocycles. The highest BCUT2D eigenvalue weighted by atomic mass is 16.3. The molecule has 1 atom stereocenters. The van der Waals surface area contributed by atoms with Crippen LogP contribution in [0.4, 0.5) is 0 Å². The van der Waals surface area contributed by atoms with E-state index in [-0.39, 0.29) is 5.92 Å². The normalized spacial score (nSPS) is 14.7. The Hall–Kier alpha value is -9.06. The lowest BCUT2D eigenvalue weighted by molar-refractivity contribution is 0.669. The van der Waals surface area contributed by atoms with Crippen molar-refractivity contribution in [2.24, 2.45) is 9.98 Å². The molecule has 15 rings (SSSR count). The van der Waals surface area contributed by atoms with Crippen molar-refractivity contribution in [3.8, 4) is 22.5 Å². The Morgan fingerprint density at radius 3 is 1.93 bits per heavy atom. The third-order valence-electron chi connectivity index (χ3n) is 14.7. The van der Waals surface area contributed by atoms with Crippen LogP contribution >= 0.6 is 0 Å². The lowest BCUT2D eigenvalue weighted by Gasteiger charge is -2.23. The Bertz CT molecular complexity index is 4390. The van der Waals surface area contributed by atoms with E-state index in [9.17, 15) is 0 Å². The van der Waals surface area contributed by atoms with E-state index in [1.165, 1.54) is 60.2 Å². The van der Waals surface area contributed by atoms with Gasteiger partial charge in [0.05, 0.1) is 50.2 Å². The third-order valence-corrected chi connectivity index (χ3v) is 14.7. The summed E-state index contributed by atoms with van der Waals surface area (Å²) in [5.74, 6) is 0.576. The first-order valence-electron chi connectivity index (χ1n) is 23.8. The van der Waals surface area contributed by atoms with Gasteiger partial charge in [-0.15, -0.1) is 0 Å². The van der Waals surface area contributed by atoms with Gasteiger partial charge in [0, 0.05) is 49.5 Å². The largest absolute Gasteiger partial charge is 0.456 e. The van der Waals surface area contributed by atoms with E-state index in [2.05, 4.69) is 234 Å². The highest BCUT2D eigenvalue weighted by Gasteiger charge is 2.33. The molecule has 69 heavy (non-hydrogen) atoms. The molecule has 0 spiro atoms. The van der Waals surface area contributed by atoms with Gasteiger partial charge in [-0.2, -0.15) is 0 Å². The Morgan fingerprint density at radius 1 is 0.435 bits per heavy atom. The first kappa shape index (κ1) is 38.1. The van der Waals surface area contributed by atoms with Gasteiger partial charge in [-0.3, -0.25) is 0 Å². The second-order valence-corrected chi connectivity index (χ2v) is 18.4. The Balaban J connectivity index is 1.05. The summed E-state index contributed by atoms with van der Waals surface area (Å²) in [5, 5.41) is 9.34. The minimum absolute atomic E-state index is 0.0870. The summed E-state index contributed by atoms with van der Waals surface area (Å²) in [4.78, 5) is 11.7. The minimum atomic E-state index is -0.0870. The molecule has 2 aliphatic heterocycles. The van der Waals surface area contributed by atoms with Gasteiger partial charge in [-0.05, 0) is 82.4 Å². The second kappa shape index (κ2) is 14.7. The molecular formula is C64H40N4O. The van der Waals surface area contributed by atoms with Crippen molar-refractivity contribution >= 4 is 93.6 Å². The van der Waals surface area contributed by atoms with E-state index in [0.717, 1.165) is 72.3 Å². The molecule has 2 aliphatic rings. The molecule has 0 amide bonds. The van der Waals surface area contributed by atoms with E-state index in [1.807, 2.05) is 0 Å². The van der Waals surface area contributed by atoms with Crippen molar-refractivity contribution in [1.29, 1.82) is 0 Å². The summed E-state index contributed by atoms with van der Waals surface area (Å²) in [5.41, 5.74) is 17.0. The fraction of sp³-hybridized carbons (Fsp3) is 0.0312. The Morgan fingerprint density at radius 2 is 1.09 bits per heavy atom. The third kappa shape index (κ3) is 5.65. The molecule has 5 heteroatoms. The topological polar surface area (TPSA) is 47.7 Å². The number of aliphatic imine (C=N–C) groups is 2. The number of rotatable bonds is 4. The molecule has 0 saturated heterocycles. The molecule has 0 bridgehead atoms. The van der Waals surface area contributed by atoms with Crippen LogP contribution in [0.1, 0.15) is 34.6 Å². The molecule has 0 radical (unpaired) electrons. The van der Waals surface area contributed by atoms with Crippen LogP contribution in [0, 0.1) is 0 Å². The number of furan rings is 1. The van der Waals surface area contributed by atoms with Crippen LogP contribution in [0.25, 0.3) is 105 Å². The highest BCUT2D eigenvalue weighted by molar-refractivity contribution is 6.25. The zero-order valence-corrected chi connectivity index (χ0v) is 37.3. The zero-order valence-electron chi connectivity index (χ0n) is 37.3. The summed E-state index contributed by atoms with van der Waals surface area (Å²) in [7, 11) is 0. The lowest BCUT2D eigenvalue weighted by Crippen LogP contribution is -2.18. The van der Waals surface area contributed by atoms with Gasteiger partial charge in [0.2, 0.25) is 0 Å². The van der Waals surface area contributed by atoms with Crippen molar-refractivity contribution in [3.63, 3.8) is 0 Å². The maximum absolute atomic E-state index is 6.72. The molecule has 5 nitrogen and oxygen atoms in total. The van der Waals surface area contributed by atoms with Crippen molar-refractivity contribution in [2.45, 2.75) is 12.3 Å². The number of para-hydroxylation sites is 5. The van der Waals surface area contributed by atoms with E-state index in [4.69, 9.17) is 14.4 Å². The van der Waals surface area contributed by atoms with Crippen LogP contribution in [0.2, 0.25) is 0 Å². The van der Waals surface area contributed by atoms with E-state index >= 15 is 0 Å². The predicted molar refractivity (Wildman–Crippen MR) is 287 cm³/mol. The number of fused-ring (bicyclic) bond motifs is 15. The summed E-state index contributed by atoms with van der Waals surface area (Å²) in [6, 6.07) is 78.7. The standard InChI is InChI=1S/C64H40N4O/c1-2-15-39(16-3-1)40-29-31-41(32-30-40)64-65-53(35-33-47-44-19-6-10-25-54(44)67-55-26-11-7-20-45(55)48-23-14-24-51(62(48)67)61(47)66-64)49-34-36-59-60(50-22-9-13-28-58(50)69-59)63(49)68-56-27-12-8-21-46(56)52-37-42-17-4-5-18-43(42)38-57(52)68/h1-32,34-38,47H,33H2. The van der Waals surface area contributed by atoms with E-state index in [0.29, 0.717) is 12.3 Å². The van der Waals surface area contributed by atoms with Gasteiger partial charge < -0.3 is 13.6 Å². The molecule has 13 aromatic rings. The van der Waals surface area contributed by atoms with Crippen molar-refractivity contribution in [3.05, 3.63) is 247 Å². The van der Waals surface area contributed by atoms with Gasteiger partial charge in [0.25, 0.3) is 0 Å². The van der Waals surface area contributed by atoms with Gasteiger partial charge in [-0.1, -0.05) is 176 Å². The predicted octanol–water partition coefficient (Wildman–Crippen LogP) is 16.4. The fourth-order valence-corrected chi connectivity index (χ4v) is 11.6. The SMILES string of the molecule is C1=C(c2ccc3oc4ccccc4c3c2-n2c3ccccc3c3cc4ccccc4cc32)N=C(c2ccc(-c3ccccc3)cc2)N=C2c3cccc4c5ccccc5n(c34)-c3ccccc3C2C1. The number of benzene rings is 10. The first-order valence-corrected chi connectivity index (χ1v) is 23.8. The summed E-state index contributed by atoms with van der Waals surface area (Å²) >= 11 is 0. The number of allylic oxidation sites excluding steroid dienone is 1. The summed E-state index contributed by atoms with van der Waals surface area (Å²) in [6.07, 6.45) is 3.05.